The van der Waals surface area contributed by atoms with Crippen LogP contribution in [0.3, 0.4) is 0 Å². The zero-order chi connectivity index (χ0) is 16.5. The molecule has 0 aliphatic rings. The molecule has 0 unspecified atom stereocenters. The molecule has 9 heteroatoms. The van der Waals surface area contributed by atoms with Crippen LogP contribution in [0.5, 0.6) is 23.4 Å². The number of nitrogen functional groups attached to an aromatic ring is 2. The van der Waals surface area contributed by atoms with Crippen LogP contribution in [0.4, 0.5) is 11.8 Å². The number of nitrogens with zero attached hydrogens (tertiary/aromatic N) is 3. The highest BCUT2D eigenvalue weighted by atomic mass is 16.5. The second kappa shape index (κ2) is 8.35. The number of rotatable bonds is 4. The molecule has 0 atom stereocenters. The van der Waals surface area contributed by atoms with E-state index in [9.17, 15) is 0 Å². The molecule has 2 aromatic rings. The summed E-state index contributed by atoms with van der Waals surface area (Å²) in [6, 6.07) is 4.84. The summed E-state index contributed by atoms with van der Waals surface area (Å²) in [7, 11) is 6.10. The standard InChI is InChI=1S/C7H10N2O2.C6H9N3O2/c1-10-5-3-6(8)9-7(4-5)11-2;1-10-4-3-5(11-2)9-6(7)8-4/h3-4H,1-2H3,(H2,8,9);3H,1-2H3,(H2,7,8,9). The van der Waals surface area contributed by atoms with E-state index in [1.807, 2.05) is 0 Å². The zero-order valence-electron chi connectivity index (χ0n) is 12.9. The van der Waals surface area contributed by atoms with Crippen molar-refractivity contribution in [3.05, 3.63) is 18.2 Å². The predicted octanol–water partition coefficient (Wildman–Crippen LogP) is 0.757. The predicted molar refractivity (Wildman–Crippen MR) is 81.3 cm³/mol. The lowest BCUT2D eigenvalue weighted by Gasteiger charge is -2.03. The van der Waals surface area contributed by atoms with E-state index in [-0.39, 0.29) is 5.95 Å². The van der Waals surface area contributed by atoms with Gasteiger partial charge in [0, 0.05) is 12.1 Å². The Labute approximate surface area is 128 Å². The first-order chi connectivity index (χ1) is 10.5. The molecule has 0 fully saturated rings. The molecule has 22 heavy (non-hydrogen) atoms. The quantitative estimate of drug-likeness (QED) is 0.840. The molecule has 0 aliphatic heterocycles. The third-order valence-electron chi connectivity index (χ3n) is 2.35. The Hall–Kier alpha value is -2.97. The summed E-state index contributed by atoms with van der Waals surface area (Å²) < 4.78 is 19.5. The normalized spacial score (nSPS) is 9.27. The SMILES string of the molecule is COc1cc(N)nc(OC)c1.COc1cc(OC)nc(N)n1. The summed E-state index contributed by atoms with van der Waals surface area (Å²) in [6.45, 7) is 0. The molecule has 0 bridgehead atoms. The molecule has 4 N–H and O–H groups in total. The Kier molecular flexibility index (Phi) is 6.48. The van der Waals surface area contributed by atoms with Crippen LogP contribution in [0.2, 0.25) is 0 Å². The summed E-state index contributed by atoms with van der Waals surface area (Å²) >= 11 is 0. The fourth-order valence-electron chi connectivity index (χ4n) is 1.35. The van der Waals surface area contributed by atoms with Gasteiger partial charge in [0.15, 0.2) is 0 Å². The van der Waals surface area contributed by atoms with Gasteiger partial charge in [-0.15, -0.1) is 0 Å². The van der Waals surface area contributed by atoms with Gasteiger partial charge in [0.1, 0.15) is 11.6 Å². The Balaban J connectivity index is 0.000000220. The van der Waals surface area contributed by atoms with Gasteiger partial charge in [-0.2, -0.15) is 15.0 Å². The molecule has 9 nitrogen and oxygen atoms in total. The van der Waals surface area contributed by atoms with E-state index in [0.717, 1.165) is 0 Å². The maximum Gasteiger partial charge on any atom is 0.226 e. The van der Waals surface area contributed by atoms with Gasteiger partial charge in [0.2, 0.25) is 23.6 Å². The highest BCUT2D eigenvalue weighted by molar-refractivity contribution is 5.40. The van der Waals surface area contributed by atoms with Gasteiger partial charge < -0.3 is 30.4 Å². The van der Waals surface area contributed by atoms with E-state index < -0.39 is 0 Å². The largest absolute Gasteiger partial charge is 0.496 e. The maximum absolute atomic E-state index is 5.44. The average Bonchev–Trinajstić information content (AvgIpc) is 2.53. The topological polar surface area (TPSA) is 128 Å². The molecular formula is C13H19N5O4. The minimum Gasteiger partial charge on any atom is -0.496 e. The van der Waals surface area contributed by atoms with Crippen LogP contribution in [0.25, 0.3) is 0 Å². The molecule has 0 saturated heterocycles. The molecule has 2 rings (SSSR count). The summed E-state index contributed by atoms with van der Waals surface area (Å²) in [4.78, 5) is 11.4. The van der Waals surface area contributed by atoms with E-state index in [4.69, 9.17) is 30.4 Å². The number of methoxy groups -OCH3 is 4. The second-order valence-corrected chi connectivity index (χ2v) is 3.79. The van der Waals surface area contributed by atoms with Gasteiger partial charge in [-0.1, -0.05) is 0 Å². The molecule has 0 radical (unpaired) electrons. The van der Waals surface area contributed by atoms with E-state index in [2.05, 4.69) is 15.0 Å². The van der Waals surface area contributed by atoms with E-state index in [1.165, 1.54) is 21.3 Å². The van der Waals surface area contributed by atoms with E-state index in [1.54, 1.807) is 25.3 Å². The Bertz CT molecular complexity index is 511. The first-order valence-corrected chi connectivity index (χ1v) is 6.10. The summed E-state index contributed by atoms with van der Waals surface area (Å²) in [6.07, 6.45) is 0. The van der Waals surface area contributed by atoms with Crippen molar-refractivity contribution >= 4 is 11.8 Å². The molecule has 120 valence electrons. The van der Waals surface area contributed by atoms with E-state index >= 15 is 0 Å². The van der Waals surface area contributed by atoms with E-state index in [0.29, 0.717) is 29.2 Å². The summed E-state index contributed by atoms with van der Waals surface area (Å²) in [5.74, 6) is 2.43. The number of ether oxygens (including phenoxy) is 4. The lowest BCUT2D eigenvalue weighted by molar-refractivity contribution is 0.373. The summed E-state index contributed by atoms with van der Waals surface area (Å²) in [5.41, 5.74) is 10.8. The Morgan fingerprint density at radius 3 is 1.64 bits per heavy atom. The van der Waals surface area contributed by atoms with Gasteiger partial charge >= 0.3 is 0 Å². The third-order valence-corrected chi connectivity index (χ3v) is 2.35. The van der Waals surface area contributed by atoms with Crippen molar-refractivity contribution in [1.82, 2.24) is 15.0 Å². The monoisotopic (exact) mass is 309 g/mol. The number of anilines is 2. The fraction of sp³-hybridized carbons (Fsp3) is 0.308. The fourth-order valence-corrected chi connectivity index (χ4v) is 1.35. The molecule has 0 spiro atoms. The molecule has 2 heterocycles. The van der Waals surface area contributed by atoms with Crippen molar-refractivity contribution < 1.29 is 18.9 Å². The number of nitrogens with two attached hydrogens (primary N) is 2. The highest BCUT2D eigenvalue weighted by Gasteiger charge is 2.00. The highest BCUT2D eigenvalue weighted by Crippen LogP contribution is 2.19. The van der Waals surface area contributed by atoms with Crippen LogP contribution < -0.4 is 30.4 Å². The van der Waals surface area contributed by atoms with Crippen LogP contribution in [-0.4, -0.2) is 43.4 Å². The molecule has 0 amide bonds. The number of hydrogen-bond donors (Lipinski definition) is 2. The molecule has 0 aromatic carbocycles. The second-order valence-electron chi connectivity index (χ2n) is 3.79. The van der Waals surface area contributed by atoms with Crippen molar-refractivity contribution in [3.63, 3.8) is 0 Å². The number of pyridine rings is 1. The van der Waals surface area contributed by atoms with Crippen LogP contribution in [0.1, 0.15) is 0 Å². The minimum absolute atomic E-state index is 0.140. The zero-order valence-corrected chi connectivity index (χ0v) is 12.9. The van der Waals surface area contributed by atoms with Crippen molar-refractivity contribution in [2.75, 3.05) is 39.9 Å². The average molecular weight is 309 g/mol. The number of hydrogen-bond acceptors (Lipinski definition) is 9. The molecule has 0 saturated carbocycles. The molecular weight excluding hydrogens is 290 g/mol. The van der Waals surface area contributed by atoms with Crippen LogP contribution in [-0.2, 0) is 0 Å². The first-order valence-electron chi connectivity index (χ1n) is 6.10. The lowest BCUT2D eigenvalue weighted by atomic mass is 10.4. The van der Waals surface area contributed by atoms with Gasteiger partial charge in [0.05, 0.1) is 34.5 Å². The minimum atomic E-state index is 0.140. The maximum atomic E-state index is 5.44. The van der Waals surface area contributed by atoms with Crippen LogP contribution >= 0.6 is 0 Å². The van der Waals surface area contributed by atoms with Gasteiger partial charge in [-0.25, -0.2) is 0 Å². The summed E-state index contributed by atoms with van der Waals surface area (Å²) in [5, 5.41) is 0. The Morgan fingerprint density at radius 1 is 0.682 bits per heavy atom. The van der Waals surface area contributed by atoms with Crippen molar-refractivity contribution in [2.24, 2.45) is 0 Å². The van der Waals surface area contributed by atoms with Crippen molar-refractivity contribution in [3.8, 4) is 23.4 Å². The van der Waals surface area contributed by atoms with Crippen molar-refractivity contribution in [2.45, 2.75) is 0 Å². The molecule has 2 aromatic heterocycles. The number of aromatic nitrogens is 3. The van der Waals surface area contributed by atoms with Crippen LogP contribution in [0.15, 0.2) is 18.2 Å². The van der Waals surface area contributed by atoms with Gasteiger partial charge in [0.25, 0.3) is 0 Å². The smallest absolute Gasteiger partial charge is 0.226 e. The molecule has 0 aliphatic carbocycles. The van der Waals surface area contributed by atoms with Crippen LogP contribution in [0, 0.1) is 0 Å². The first kappa shape index (κ1) is 17.1. The van der Waals surface area contributed by atoms with Crippen molar-refractivity contribution in [1.29, 1.82) is 0 Å². The lowest BCUT2D eigenvalue weighted by Crippen LogP contribution is -1.99. The van der Waals surface area contributed by atoms with Gasteiger partial charge in [-0.05, 0) is 0 Å². The Morgan fingerprint density at radius 2 is 1.18 bits per heavy atom. The third kappa shape index (κ3) is 5.19. The van der Waals surface area contributed by atoms with Gasteiger partial charge in [-0.3, -0.25) is 0 Å².